The van der Waals surface area contributed by atoms with Gasteiger partial charge in [0.2, 0.25) is 5.91 Å². The van der Waals surface area contributed by atoms with Crippen LogP contribution in [0.4, 0.5) is 11.4 Å². The zero-order chi connectivity index (χ0) is 19.4. The van der Waals surface area contributed by atoms with Crippen LogP contribution in [0.15, 0.2) is 59.5 Å². The highest BCUT2D eigenvalue weighted by molar-refractivity contribution is 7.92. The first-order chi connectivity index (χ1) is 12.8. The van der Waals surface area contributed by atoms with Gasteiger partial charge in [-0.15, -0.1) is 0 Å². The third kappa shape index (κ3) is 4.81. The lowest BCUT2D eigenvalue weighted by atomic mass is 9.93. The number of halogens is 1. The number of aromatic hydroxyl groups is 1. The van der Waals surface area contributed by atoms with Gasteiger partial charge in [0.1, 0.15) is 5.75 Å². The number of hydrogen-bond acceptors (Lipinski definition) is 4. The number of nitrogens with one attached hydrogen (secondary N) is 2. The van der Waals surface area contributed by atoms with Gasteiger partial charge in [-0.25, -0.2) is 8.42 Å². The summed E-state index contributed by atoms with van der Waals surface area (Å²) in [6, 6.07) is 10.1. The van der Waals surface area contributed by atoms with Crippen LogP contribution in [0.3, 0.4) is 0 Å². The Hall–Kier alpha value is -2.51. The molecule has 0 saturated carbocycles. The molecule has 142 valence electrons. The van der Waals surface area contributed by atoms with Crippen molar-refractivity contribution < 1.29 is 18.3 Å². The van der Waals surface area contributed by atoms with E-state index in [2.05, 4.69) is 10.0 Å². The maximum atomic E-state index is 12.6. The molecule has 0 heterocycles. The van der Waals surface area contributed by atoms with Crippen molar-refractivity contribution in [3.63, 3.8) is 0 Å². The fourth-order valence-corrected chi connectivity index (χ4v) is 4.08. The molecule has 6 nitrogen and oxygen atoms in total. The molecule has 1 amide bonds. The van der Waals surface area contributed by atoms with Gasteiger partial charge in [-0.1, -0.05) is 29.8 Å². The lowest BCUT2D eigenvalue weighted by molar-refractivity contribution is -0.120. The summed E-state index contributed by atoms with van der Waals surface area (Å²) in [5.74, 6) is -0.636. The predicted octanol–water partition coefficient (Wildman–Crippen LogP) is 4.14. The molecule has 1 atom stereocenters. The van der Waals surface area contributed by atoms with Gasteiger partial charge in [-0.2, -0.15) is 0 Å². The van der Waals surface area contributed by atoms with E-state index in [1.807, 2.05) is 12.2 Å². The van der Waals surface area contributed by atoms with E-state index in [-0.39, 0.29) is 28.2 Å². The molecule has 0 aliphatic heterocycles. The van der Waals surface area contributed by atoms with Crippen LogP contribution in [0.5, 0.6) is 5.75 Å². The molecule has 27 heavy (non-hydrogen) atoms. The molecule has 0 saturated heterocycles. The highest BCUT2D eigenvalue weighted by Crippen LogP contribution is 2.29. The van der Waals surface area contributed by atoms with Gasteiger partial charge < -0.3 is 10.4 Å². The smallest absolute Gasteiger partial charge is 0.261 e. The lowest BCUT2D eigenvalue weighted by Crippen LogP contribution is -2.23. The largest absolute Gasteiger partial charge is 0.506 e. The van der Waals surface area contributed by atoms with Crippen LogP contribution in [-0.2, 0) is 14.8 Å². The van der Waals surface area contributed by atoms with Crippen LogP contribution in [0.2, 0.25) is 5.02 Å². The van der Waals surface area contributed by atoms with Gasteiger partial charge in [0.25, 0.3) is 10.0 Å². The van der Waals surface area contributed by atoms with Crippen molar-refractivity contribution in [2.24, 2.45) is 5.92 Å². The fraction of sp³-hybridized carbons (Fsp3) is 0.211. The second kappa shape index (κ2) is 8.02. The van der Waals surface area contributed by atoms with Crippen LogP contribution >= 0.6 is 11.6 Å². The highest BCUT2D eigenvalue weighted by Gasteiger charge is 2.21. The Labute approximate surface area is 162 Å². The summed E-state index contributed by atoms with van der Waals surface area (Å²) < 4.78 is 27.6. The number of anilines is 2. The number of carbonyl (C=O) groups excluding carboxylic acids is 1. The number of amides is 1. The molecule has 3 rings (SSSR count). The second-order valence-electron chi connectivity index (χ2n) is 6.27. The van der Waals surface area contributed by atoms with Crippen LogP contribution in [0.1, 0.15) is 19.3 Å². The molecule has 1 aliphatic carbocycles. The number of benzene rings is 2. The first-order valence-corrected chi connectivity index (χ1v) is 10.3. The van der Waals surface area contributed by atoms with Gasteiger partial charge in [0.15, 0.2) is 0 Å². The topological polar surface area (TPSA) is 95.5 Å². The molecule has 2 aromatic rings. The fourth-order valence-electron chi connectivity index (χ4n) is 2.82. The zero-order valence-electron chi connectivity index (χ0n) is 14.4. The Morgan fingerprint density at radius 2 is 1.96 bits per heavy atom. The minimum atomic E-state index is -3.91. The molecule has 0 fully saturated rings. The summed E-state index contributed by atoms with van der Waals surface area (Å²) >= 11 is 5.88. The second-order valence-corrected chi connectivity index (χ2v) is 8.38. The summed E-state index contributed by atoms with van der Waals surface area (Å²) in [6.45, 7) is 0. The lowest BCUT2D eigenvalue weighted by Gasteiger charge is -2.18. The third-order valence-electron chi connectivity index (χ3n) is 4.25. The Morgan fingerprint density at radius 1 is 1.15 bits per heavy atom. The van der Waals surface area contributed by atoms with Gasteiger partial charge in [0, 0.05) is 10.9 Å². The predicted molar refractivity (Wildman–Crippen MR) is 105 cm³/mol. The summed E-state index contributed by atoms with van der Waals surface area (Å²) in [6.07, 6.45) is 6.14. The first kappa shape index (κ1) is 19.3. The van der Waals surface area contributed by atoms with E-state index in [0.717, 1.165) is 12.8 Å². The number of allylic oxidation sites excluding steroid dienone is 2. The third-order valence-corrected chi connectivity index (χ3v) is 5.87. The first-order valence-electron chi connectivity index (χ1n) is 8.42. The van der Waals surface area contributed by atoms with Crippen LogP contribution in [0.25, 0.3) is 0 Å². The average Bonchev–Trinajstić information content (AvgIpc) is 2.63. The number of phenols is 1. The van der Waals surface area contributed by atoms with Crippen molar-refractivity contribution in [2.45, 2.75) is 24.2 Å². The maximum Gasteiger partial charge on any atom is 0.261 e. The van der Waals surface area contributed by atoms with Crippen molar-refractivity contribution in [3.05, 3.63) is 59.6 Å². The molecule has 0 unspecified atom stereocenters. The quantitative estimate of drug-likeness (QED) is 0.513. The summed E-state index contributed by atoms with van der Waals surface area (Å²) in [5, 5.41) is 13.0. The van der Waals surface area contributed by atoms with Crippen molar-refractivity contribution in [1.82, 2.24) is 0 Å². The van der Waals surface area contributed by atoms with Crippen molar-refractivity contribution in [2.75, 3.05) is 10.0 Å². The minimum absolute atomic E-state index is 0.0588. The SMILES string of the molecule is O=C(Nc1cc(S(=O)(=O)Nc2cccc(Cl)c2)ccc1O)[C@H]1CC=CCC1. The molecular weight excluding hydrogens is 388 g/mol. The van der Waals surface area contributed by atoms with E-state index in [4.69, 9.17) is 11.6 Å². The molecule has 0 spiro atoms. The minimum Gasteiger partial charge on any atom is -0.506 e. The summed E-state index contributed by atoms with van der Waals surface area (Å²) in [7, 11) is -3.91. The molecule has 0 aromatic heterocycles. The standard InChI is InChI=1S/C19H19ClN2O4S/c20-14-7-4-8-15(11-14)22-27(25,26)16-9-10-18(23)17(12-16)21-19(24)13-5-2-1-3-6-13/h1-2,4,7-13,22-23H,3,5-6H2,(H,21,24)/t13-/m0/s1. The number of rotatable bonds is 5. The normalized spacial score (nSPS) is 16.7. The van der Waals surface area contributed by atoms with Crippen molar-refractivity contribution in [3.8, 4) is 5.75 Å². The van der Waals surface area contributed by atoms with E-state index in [9.17, 15) is 18.3 Å². The Balaban J connectivity index is 1.81. The van der Waals surface area contributed by atoms with Crippen molar-refractivity contribution >= 4 is 38.9 Å². The van der Waals surface area contributed by atoms with Gasteiger partial charge >= 0.3 is 0 Å². The zero-order valence-corrected chi connectivity index (χ0v) is 15.9. The molecule has 0 bridgehead atoms. The van der Waals surface area contributed by atoms with Crippen LogP contribution in [0, 0.1) is 5.92 Å². The van der Waals surface area contributed by atoms with E-state index in [1.165, 1.54) is 24.3 Å². The molecule has 3 N–H and O–H groups in total. The molecule has 0 radical (unpaired) electrons. The summed E-state index contributed by atoms with van der Waals surface area (Å²) in [4.78, 5) is 12.3. The number of hydrogen-bond donors (Lipinski definition) is 3. The van der Waals surface area contributed by atoms with Crippen LogP contribution < -0.4 is 10.0 Å². The molecule has 8 heteroatoms. The van der Waals surface area contributed by atoms with Gasteiger partial charge in [-0.05, 0) is 55.7 Å². The number of sulfonamides is 1. The van der Waals surface area contributed by atoms with E-state index in [0.29, 0.717) is 17.1 Å². The maximum absolute atomic E-state index is 12.6. The van der Waals surface area contributed by atoms with E-state index in [1.54, 1.807) is 18.2 Å². The van der Waals surface area contributed by atoms with E-state index < -0.39 is 10.0 Å². The molecule has 2 aromatic carbocycles. The monoisotopic (exact) mass is 406 g/mol. The van der Waals surface area contributed by atoms with Crippen LogP contribution in [-0.4, -0.2) is 19.4 Å². The van der Waals surface area contributed by atoms with Crippen molar-refractivity contribution in [1.29, 1.82) is 0 Å². The number of phenolic OH excluding ortho intramolecular Hbond substituents is 1. The van der Waals surface area contributed by atoms with Gasteiger partial charge in [-0.3, -0.25) is 9.52 Å². The highest BCUT2D eigenvalue weighted by atomic mass is 35.5. The Bertz CT molecular complexity index is 989. The molecular formula is C19H19ClN2O4S. The Morgan fingerprint density at radius 3 is 2.67 bits per heavy atom. The Kier molecular flexibility index (Phi) is 5.72. The number of carbonyl (C=O) groups is 1. The summed E-state index contributed by atoms with van der Waals surface area (Å²) in [5.41, 5.74) is 0.374. The van der Waals surface area contributed by atoms with E-state index >= 15 is 0 Å². The average molecular weight is 407 g/mol. The molecule has 1 aliphatic rings. The van der Waals surface area contributed by atoms with Gasteiger partial charge in [0.05, 0.1) is 16.3 Å².